The number of nitrogens with one attached hydrogen (secondary N) is 1. The van der Waals surface area contributed by atoms with Crippen LogP contribution in [0, 0.1) is 10.1 Å². The summed E-state index contributed by atoms with van der Waals surface area (Å²) in [5.41, 5.74) is 1.10. The minimum Gasteiger partial charge on any atom is -0.263 e. The van der Waals surface area contributed by atoms with E-state index in [1.54, 1.807) is 11.8 Å². The molecule has 0 saturated heterocycles. The second kappa shape index (κ2) is 7.49. The Morgan fingerprint density at radius 2 is 2.19 bits per heavy atom. The number of rotatable bonds is 7. The first-order valence-electron chi connectivity index (χ1n) is 4.84. The Labute approximate surface area is 104 Å². The smallest absolute Gasteiger partial charge is 0.256 e. The van der Waals surface area contributed by atoms with Crippen LogP contribution >= 0.6 is 23.4 Å². The minimum absolute atomic E-state index is 0.174. The summed E-state index contributed by atoms with van der Waals surface area (Å²) >= 11 is 7.69. The van der Waals surface area contributed by atoms with Crippen LogP contribution in [0.5, 0.6) is 0 Å². The molecule has 0 spiro atoms. The molecule has 88 valence electrons. The van der Waals surface area contributed by atoms with Gasteiger partial charge in [-0.3, -0.25) is 15.4 Å². The predicted molar refractivity (Wildman–Crippen MR) is 67.5 cm³/mol. The number of nitro groups is 1. The van der Waals surface area contributed by atoms with Crippen molar-refractivity contribution in [2.24, 2.45) is 0 Å². The van der Waals surface area contributed by atoms with Crippen molar-refractivity contribution in [2.75, 3.05) is 19.0 Å². The van der Waals surface area contributed by atoms with E-state index in [0.717, 1.165) is 22.1 Å². The molecule has 1 aromatic rings. The van der Waals surface area contributed by atoms with Gasteiger partial charge in [-0.1, -0.05) is 29.8 Å². The van der Waals surface area contributed by atoms with Crippen molar-refractivity contribution in [3.8, 4) is 0 Å². The fourth-order valence-electron chi connectivity index (χ4n) is 1.11. The van der Waals surface area contributed by atoms with E-state index in [0.29, 0.717) is 6.54 Å². The van der Waals surface area contributed by atoms with Crippen molar-refractivity contribution >= 4 is 23.4 Å². The summed E-state index contributed by atoms with van der Waals surface area (Å²) in [6.07, 6.45) is 0. The lowest BCUT2D eigenvalue weighted by atomic mass is 10.2. The van der Waals surface area contributed by atoms with Crippen LogP contribution in [0.2, 0.25) is 5.02 Å². The Bertz CT molecular complexity index is 349. The van der Waals surface area contributed by atoms with E-state index >= 15 is 0 Å². The molecule has 1 N–H and O–H groups in total. The first-order valence-corrected chi connectivity index (χ1v) is 6.37. The van der Waals surface area contributed by atoms with Gasteiger partial charge < -0.3 is 0 Å². The Morgan fingerprint density at radius 1 is 1.44 bits per heavy atom. The van der Waals surface area contributed by atoms with Gasteiger partial charge in [-0.2, -0.15) is 11.8 Å². The number of thioether (sulfide) groups is 1. The molecule has 16 heavy (non-hydrogen) atoms. The average Bonchev–Trinajstić information content (AvgIpc) is 2.25. The molecule has 0 fully saturated rings. The van der Waals surface area contributed by atoms with Crippen LogP contribution < -0.4 is 5.32 Å². The quantitative estimate of drug-likeness (QED) is 0.354. The van der Waals surface area contributed by atoms with Gasteiger partial charge in [-0.05, 0) is 11.6 Å². The first-order chi connectivity index (χ1) is 7.70. The average molecular weight is 261 g/mol. The topological polar surface area (TPSA) is 55.2 Å². The molecule has 6 heteroatoms. The second-order valence-corrected chi connectivity index (χ2v) is 4.65. The molecular formula is C10H13ClN2O2S. The van der Waals surface area contributed by atoms with Gasteiger partial charge in [0, 0.05) is 28.0 Å². The lowest BCUT2D eigenvalue weighted by molar-refractivity contribution is -0.485. The molecule has 0 aliphatic heterocycles. The van der Waals surface area contributed by atoms with E-state index in [-0.39, 0.29) is 11.6 Å². The number of benzene rings is 1. The number of nitrogens with zero attached hydrogens (tertiary/aromatic N) is 1. The van der Waals surface area contributed by atoms with E-state index in [9.17, 15) is 10.1 Å². The summed E-state index contributed by atoms with van der Waals surface area (Å²) in [7, 11) is 0. The molecule has 0 aromatic heterocycles. The zero-order valence-corrected chi connectivity index (χ0v) is 10.3. The summed E-state index contributed by atoms with van der Waals surface area (Å²) < 4.78 is 0. The number of halogens is 1. The Balaban J connectivity index is 2.12. The van der Waals surface area contributed by atoms with Gasteiger partial charge >= 0.3 is 0 Å². The third kappa shape index (κ3) is 5.34. The number of hydrogen-bond acceptors (Lipinski definition) is 4. The molecule has 4 nitrogen and oxygen atoms in total. The third-order valence-corrected chi connectivity index (χ3v) is 3.26. The van der Waals surface area contributed by atoms with E-state index in [4.69, 9.17) is 11.6 Å². The molecule has 0 radical (unpaired) electrons. The van der Waals surface area contributed by atoms with Gasteiger partial charge in [0.15, 0.2) is 0 Å². The summed E-state index contributed by atoms with van der Waals surface area (Å²) in [5, 5.41) is 13.5. The zero-order valence-electron chi connectivity index (χ0n) is 8.69. The van der Waals surface area contributed by atoms with E-state index < -0.39 is 0 Å². The van der Waals surface area contributed by atoms with Crippen LogP contribution in [-0.2, 0) is 5.75 Å². The summed E-state index contributed by atoms with van der Waals surface area (Å²) in [4.78, 5) is 9.64. The molecule has 0 bridgehead atoms. The molecular weight excluding hydrogens is 248 g/mol. The molecule has 1 aromatic carbocycles. The van der Waals surface area contributed by atoms with Gasteiger partial charge in [-0.15, -0.1) is 0 Å². The van der Waals surface area contributed by atoms with Crippen LogP contribution in [0.25, 0.3) is 0 Å². The monoisotopic (exact) mass is 260 g/mol. The maximum absolute atomic E-state index is 10.0. The third-order valence-electron chi connectivity index (χ3n) is 1.88. The SMILES string of the molecule is O=[N+]([O-])CNCCSCc1ccccc1Cl. The summed E-state index contributed by atoms with van der Waals surface area (Å²) in [5.74, 6) is 1.67. The molecule has 0 heterocycles. The van der Waals surface area contributed by atoms with E-state index in [1.165, 1.54) is 0 Å². The second-order valence-electron chi connectivity index (χ2n) is 3.13. The predicted octanol–water partition coefficient (Wildman–Crippen LogP) is 2.40. The highest BCUT2D eigenvalue weighted by Gasteiger charge is 1.99. The molecule has 0 aliphatic rings. The highest BCUT2D eigenvalue weighted by Crippen LogP contribution is 2.20. The van der Waals surface area contributed by atoms with Gasteiger partial charge in [0.1, 0.15) is 0 Å². The van der Waals surface area contributed by atoms with Crippen molar-refractivity contribution < 1.29 is 4.92 Å². The Hall–Kier alpha value is -0.780. The van der Waals surface area contributed by atoms with Gasteiger partial charge in [0.25, 0.3) is 6.67 Å². The van der Waals surface area contributed by atoms with Crippen LogP contribution in [0.15, 0.2) is 24.3 Å². The van der Waals surface area contributed by atoms with E-state index in [2.05, 4.69) is 5.32 Å². The Morgan fingerprint density at radius 3 is 2.88 bits per heavy atom. The van der Waals surface area contributed by atoms with Crippen molar-refractivity contribution in [3.05, 3.63) is 45.0 Å². The lowest BCUT2D eigenvalue weighted by Crippen LogP contribution is -2.24. The maximum atomic E-state index is 10.0. The fourth-order valence-corrected chi connectivity index (χ4v) is 2.30. The summed E-state index contributed by atoms with van der Waals surface area (Å²) in [6, 6.07) is 7.70. The molecule has 0 amide bonds. The molecule has 0 unspecified atom stereocenters. The highest BCUT2D eigenvalue weighted by atomic mass is 35.5. The van der Waals surface area contributed by atoms with Gasteiger partial charge in [0.05, 0.1) is 0 Å². The normalized spacial score (nSPS) is 10.3. The van der Waals surface area contributed by atoms with Crippen LogP contribution in [0.1, 0.15) is 5.56 Å². The first kappa shape index (κ1) is 13.3. The zero-order chi connectivity index (χ0) is 11.8. The van der Waals surface area contributed by atoms with Crippen LogP contribution in [-0.4, -0.2) is 23.9 Å². The lowest BCUT2D eigenvalue weighted by Gasteiger charge is -2.03. The largest absolute Gasteiger partial charge is 0.263 e. The Kier molecular flexibility index (Phi) is 6.22. The van der Waals surface area contributed by atoms with Gasteiger partial charge in [-0.25, -0.2) is 0 Å². The molecule has 0 aliphatic carbocycles. The molecule has 1 rings (SSSR count). The molecule has 0 atom stereocenters. The van der Waals surface area contributed by atoms with Crippen LogP contribution in [0.3, 0.4) is 0 Å². The summed E-state index contributed by atoms with van der Waals surface area (Å²) in [6.45, 7) is 0.461. The fraction of sp³-hybridized carbons (Fsp3) is 0.400. The van der Waals surface area contributed by atoms with Gasteiger partial charge in [0.2, 0.25) is 0 Å². The van der Waals surface area contributed by atoms with Crippen molar-refractivity contribution in [2.45, 2.75) is 5.75 Å². The molecule has 0 saturated carbocycles. The van der Waals surface area contributed by atoms with Crippen LogP contribution in [0.4, 0.5) is 0 Å². The van der Waals surface area contributed by atoms with Crippen molar-refractivity contribution in [1.29, 1.82) is 0 Å². The minimum atomic E-state index is -0.376. The van der Waals surface area contributed by atoms with Crippen molar-refractivity contribution in [3.63, 3.8) is 0 Å². The highest BCUT2D eigenvalue weighted by molar-refractivity contribution is 7.98. The maximum Gasteiger partial charge on any atom is 0.256 e. The van der Waals surface area contributed by atoms with Crippen molar-refractivity contribution in [1.82, 2.24) is 5.32 Å². The number of hydrogen-bond donors (Lipinski definition) is 1. The standard InChI is InChI=1S/C10H13ClN2O2S/c11-10-4-2-1-3-9(10)7-16-6-5-12-8-13(14)15/h1-4,12H,5-8H2. The van der Waals surface area contributed by atoms with E-state index in [1.807, 2.05) is 24.3 Å².